The van der Waals surface area contributed by atoms with Crippen LogP contribution in [-0.2, 0) is 4.74 Å². The Labute approximate surface area is 131 Å². The zero-order chi connectivity index (χ0) is 16.2. The molecule has 0 saturated carbocycles. The Kier molecular flexibility index (Phi) is 5.16. The van der Waals surface area contributed by atoms with E-state index in [0.717, 1.165) is 12.8 Å². The van der Waals surface area contributed by atoms with Crippen LogP contribution in [0.3, 0.4) is 0 Å². The van der Waals surface area contributed by atoms with Crippen LogP contribution >= 0.6 is 0 Å². The molecule has 1 aromatic carbocycles. The molecule has 2 rings (SSSR count). The largest absolute Gasteiger partial charge is 0.508 e. The van der Waals surface area contributed by atoms with Crippen molar-refractivity contribution in [2.45, 2.75) is 39.2 Å². The molecule has 5 heteroatoms. The predicted octanol–water partition coefficient (Wildman–Crippen LogP) is 3.42. The van der Waals surface area contributed by atoms with Crippen molar-refractivity contribution in [1.82, 2.24) is 4.90 Å². The van der Waals surface area contributed by atoms with E-state index in [-0.39, 0.29) is 11.8 Å². The number of aromatic hydroxyl groups is 1. The van der Waals surface area contributed by atoms with Gasteiger partial charge in [0.25, 0.3) is 0 Å². The summed E-state index contributed by atoms with van der Waals surface area (Å²) in [7, 11) is 0. The molecule has 5 nitrogen and oxygen atoms in total. The minimum atomic E-state index is -0.452. The lowest BCUT2D eigenvalue weighted by Gasteiger charge is -2.33. The van der Waals surface area contributed by atoms with Crippen molar-refractivity contribution < 1.29 is 19.4 Å². The molecule has 0 spiro atoms. The average molecular weight is 307 g/mol. The fourth-order valence-electron chi connectivity index (χ4n) is 2.40. The van der Waals surface area contributed by atoms with Gasteiger partial charge in [-0.3, -0.25) is 0 Å². The van der Waals surface area contributed by atoms with Crippen molar-refractivity contribution in [3.8, 4) is 11.5 Å². The monoisotopic (exact) mass is 307 g/mol. The third kappa shape index (κ3) is 5.13. The summed E-state index contributed by atoms with van der Waals surface area (Å²) < 4.78 is 11.1. The summed E-state index contributed by atoms with van der Waals surface area (Å²) in [5.41, 5.74) is -0.452. The van der Waals surface area contributed by atoms with Gasteiger partial charge in [-0.05, 0) is 51.7 Å². The van der Waals surface area contributed by atoms with E-state index < -0.39 is 5.60 Å². The highest BCUT2D eigenvalue weighted by Crippen LogP contribution is 2.23. The highest BCUT2D eigenvalue weighted by Gasteiger charge is 2.27. The second kappa shape index (κ2) is 6.90. The fraction of sp³-hybridized carbons (Fsp3) is 0.588. The van der Waals surface area contributed by atoms with Crippen molar-refractivity contribution in [3.63, 3.8) is 0 Å². The molecule has 0 radical (unpaired) electrons. The molecule has 0 bridgehead atoms. The lowest BCUT2D eigenvalue weighted by atomic mass is 9.98. The molecule has 1 aromatic rings. The van der Waals surface area contributed by atoms with Gasteiger partial charge in [0, 0.05) is 19.2 Å². The van der Waals surface area contributed by atoms with Crippen LogP contribution in [0, 0.1) is 5.92 Å². The molecule has 1 N–H and O–H groups in total. The lowest BCUT2D eigenvalue weighted by molar-refractivity contribution is 0.0165. The van der Waals surface area contributed by atoms with Crippen molar-refractivity contribution in [1.29, 1.82) is 0 Å². The fourth-order valence-corrected chi connectivity index (χ4v) is 2.40. The number of ether oxygens (including phenoxy) is 2. The number of rotatable bonds is 3. The van der Waals surface area contributed by atoms with E-state index in [4.69, 9.17) is 9.47 Å². The highest BCUT2D eigenvalue weighted by molar-refractivity contribution is 5.68. The molecule has 1 heterocycles. The van der Waals surface area contributed by atoms with Gasteiger partial charge in [-0.25, -0.2) is 4.79 Å². The number of carbonyl (C=O) groups is 1. The average Bonchev–Trinajstić information content (AvgIpc) is 2.44. The maximum Gasteiger partial charge on any atom is 0.410 e. The third-order valence-electron chi connectivity index (χ3n) is 3.57. The maximum atomic E-state index is 12.0. The minimum absolute atomic E-state index is 0.206. The first-order chi connectivity index (χ1) is 10.3. The Morgan fingerprint density at radius 3 is 2.59 bits per heavy atom. The van der Waals surface area contributed by atoms with E-state index in [1.165, 1.54) is 0 Å². The zero-order valence-corrected chi connectivity index (χ0v) is 13.5. The molecule has 1 aliphatic heterocycles. The summed E-state index contributed by atoms with van der Waals surface area (Å²) in [5.74, 6) is 1.30. The van der Waals surface area contributed by atoms with Crippen LogP contribution in [-0.4, -0.2) is 41.4 Å². The molecule has 22 heavy (non-hydrogen) atoms. The van der Waals surface area contributed by atoms with E-state index >= 15 is 0 Å². The number of amides is 1. The normalized spacial score (nSPS) is 16.4. The van der Waals surface area contributed by atoms with Crippen LogP contribution in [0.2, 0.25) is 0 Å². The molecule has 1 fully saturated rings. The molecule has 122 valence electrons. The molecule has 0 unspecified atom stereocenters. The summed E-state index contributed by atoms with van der Waals surface area (Å²) in [6.07, 6.45) is 1.57. The molecular weight excluding hydrogens is 282 g/mol. The van der Waals surface area contributed by atoms with Crippen molar-refractivity contribution in [2.75, 3.05) is 19.7 Å². The quantitative estimate of drug-likeness (QED) is 0.929. The molecule has 0 aromatic heterocycles. The first kappa shape index (κ1) is 16.5. The van der Waals surface area contributed by atoms with Gasteiger partial charge >= 0.3 is 6.09 Å². The van der Waals surface area contributed by atoms with Gasteiger partial charge in [0.15, 0.2) is 0 Å². The molecule has 1 amide bonds. The van der Waals surface area contributed by atoms with Crippen molar-refractivity contribution >= 4 is 6.09 Å². The smallest absolute Gasteiger partial charge is 0.410 e. The topological polar surface area (TPSA) is 59.0 Å². The predicted molar refractivity (Wildman–Crippen MR) is 84.1 cm³/mol. The summed E-state index contributed by atoms with van der Waals surface area (Å²) in [5, 5.41) is 9.40. The maximum absolute atomic E-state index is 12.0. The summed E-state index contributed by atoms with van der Waals surface area (Å²) in [6.45, 7) is 7.62. The molecule has 0 aliphatic carbocycles. The Hall–Kier alpha value is -1.91. The second-order valence-corrected chi connectivity index (χ2v) is 6.72. The van der Waals surface area contributed by atoms with Crippen LogP contribution in [0.4, 0.5) is 4.79 Å². The van der Waals surface area contributed by atoms with E-state index in [1.807, 2.05) is 26.8 Å². The van der Waals surface area contributed by atoms with Crippen molar-refractivity contribution in [2.24, 2.45) is 5.92 Å². The first-order valence-corrected chi connectivity index (χ1v) is 7.73. The van der Waals surface area contributed by atoms with E-state index in [9.17, 15) is 9.90 Å². The number of hydrogen-bond acceptors (Lipinski definition) is 4. The second-order valence-electron chi connectivity index (χ2n) is 6.72. The Bertz CT molecular complexity index is 502. The summed E-state index contributed by atoms with van der Waals surface area (Å²) in [4.78, 5) is 13.7. The number of phenolic OH excluding ortho intramolecular Hbond substituents is 1. The van der Waals surface area contributed by atoms with Crippen molar-refractivity contribution in [3.05, 3.63) is 24.3 Å². The number of piperidine rings is 1. The van der Waals surface area contributed by atoms with Crippen LogP contribution < -0.4 is 4.74 Å². The number of nitrogens with zero attached hydrogens (tertiary/aromatic N) is 1. The van der Waals surface area contributed by atoms with Gasteiger partial charge in [0.1, 0.15) is 17.1 Å². The van der Waals surface area contributed by atoms with Gasteiger partial charge in [0.2, 0.25) is 0 Å². The SMILES string of the molecule is CC(C)(C)OC(=O)N1CCC(COc2cccc(O)c2)CC1. The number of likely N-dealkylation sites (tertiary alicyclic amines) is 1. The van der Waals surface area contributed by atoms with Crippen LogP contribution in [0.25, 0.3) is 0 Å². The number of phenols is 1. The molecule has 1 saturated heterocycles. The van der Waals surface area contributed by atoms with Gasteiger partial charge in [-0.15, -0.1) is 0 Å². The first-order valence-electron chi connectivity index (χ1n) is 7.73. The third-order valence-corrected chi connectivity index (χ3v) is 3.57. The Balaban J connectivity index is 1.74. The van der Waals surface area contributed by atoms with Gasteiger partial charge < -0.3 is 19.5 Å². The Morgan fingerprint density at radius 2 is 2.00 bits per heavy atom. The highest BCUT2D eigenvalue weighted by atomic mass is 16.6. The Morgan fingerprint density at radius 1 is 1.32 bits per heavy atom. The standard InChI is InChI=1S/C17H25NO4/c1-17(2,3)22-16(20)18-9-7-13(8-10-18)12-21-15-6-4-5-14(19)11-15/h4-6,11,13,19H,7-10,12H2,1-3H3. The minimum Gasteiger partial charge on any atom is -0.508 e. The van der Waals surface area contributed by atoms with Crippen LogP contribution in [0.5, 0.6) is 11.5 Å². The zero-order valence-electron chi connectivity index (χ0n) is 13.5. The number of benzene rings is 1. The molecule has 0 atom stereocenters. The number of hydrogen-bond donors (Lipinski definition) is 1. The van der Waals surface area contributed by atoms with Gasteiger partial charge in [0.05, 0.1) is 6.61 Å². The van der Waals surface area contributed by atoms with E-state index in [2.05, 4.69) is 0 Å². The summed E-state index contributed by atoms with van der Waals surface area (Å²) >= 11 is 0. The lowest BCUT2D eigenvalue weighted by Crippen LogP contribution is -2.42. The number of carbonyl (C=O) groups excluding carboxylic acids is 1. The molecular formula is C17H25NO4. The van der Waals surface area contributed by atoms with E-state index in [0.29, 0.717) is 31.4 Å². The van der Waals surface area contributed by atoms with Crippen LogP contribution in [0.1, 0.15) is 33.6 Å². The van der Waals surface area contributed by atoms with Gasteiger partial charge in [-0.2, -0.15) is 0 Å². The van der Waals surface area contributed by atoms with Gasteiger partial charge in [-0.1, -0.05) is 6.07 Å². The molecule has 1 aliphatic rings. The summed E-state index contributed by atoms with van der Waals surface area (Å²) in [6, 6.07) is 6.81. The van der Waals surface area contributed by atoms with E-state index in [1.54, 1.807) is 23.1 Å². The van der Waals surface area contributed by atoms with Crippen LogP contribution in [0.15, 0.2) is 24.3 Å².